The molecule has 0 radical (unpaired) electrons. The Bertz CT molecular complexity index is 468. The number of benzene rings is 1. The van der Waals surface area contributed by atoms with Gasteiger partial charge in [0.25, 0.3) is 0 Å². The Hall–Kier alpha value is -1.62. The molecule has 0 spiro atoms. The number of alkyl halides is 3. The van der Waals surface area contributed by atoms with Gasteiger partial charge in [-0.05, 0) is 17.7 Å². The Morgan fingerprint density at radius 1 is 1.28 bits per heavy atom. The van der Waals surface area contributed by atoms with Crippen molar-refractivity contribution in [1.29, 1.82) is 5.26 Å². The zero-order valence-electron chi connectivity index (χ0n) is 9.02. The largest absolute Gasteiger partial charge is 0.416 e. The van der Waals surface area contributed by atoms with Gasteiger partial charge in [0.2, 0.25) is 0 Å². The molecule has 0 aliphatic heterocycles. The van der Waals surface area contributed by atoms with Gasteiger partial charge in [-0.3, -0.25) is 0 Å². The molecule has 4 nitrogen and oxygen atoms in total. The first kappa shape index (κ1) is 14.4. The van der Waals surface area contributed by atoms with Crippen LogP contribution in [0.15, 0.2) is 18.2 Å². The topological polar surface area (TPSA) is 84.5 Å². The van der Waals surface area contributed by atoms with Gasteiger partial charge in [-0.25, -0.2) is 0 Å². The Morgan fingerprint density at radius 2 is 1.89 bits per heavy atom. The SMILES string of the molecule is N#Cc1ccc(C(O)C(O)CO)c(C(F)(F)F)c1. The molecule has 0 saturated carbocycles. The molecule has 0 bridgehead atoms. The molecule has 98 valence electrons. The van der Waals surface area contributed by atoms with E-state index in [0.717, 1.165) is 12.1 Å². The summed E-state index contributed by atoms with van der Waals surface area (Å²) < 4.78 is 38.2. The highest BCUT2D eigenvalue weighted by molar-refractivity contribution is 5.41. The number of rotatable bonds is 3. The molecule has 18 heavy (non-hydrogen) atoms. The van der Waals surface area contributed by atoms with Gasteiger partial charge in [-0.15, -0.1) is 0 Å². The van der Waals surface area contributed by atoms with E-state index in [9.17, 15) is 18.3 Å². The van der Waals surface area contributed by atoms with Crippen LogP contribution in [0.2, 0.25) is 0 Å². The molecule has 0 aromatic heterocycles. The lowest BCUT2D eigenvalue weighted by atomic mass is 9.96. The fourth-order valence-electron chi connectivity index (χ4n) is 1.44. The number of nitrogens with zero attached hydrogens (tertiary/aromatic N) is 1. The van der Waals surface area contributed by atoms with E-state index in [1.807, 2.05) is 0 Å². The molecule has 0 amide bonds. The van der Waals surface area contributed by atoms with Gasteiger partial charge in [0.05, 0.1) is 23.8 Å². The number of aliphatic hydroxyl groups excluding tert-OH is 3. The summed E-state index contributed by atoms with van der Waals surface area (Å²) in [5.74, 6) is 0. The average Bonchev–Trinajstić information content (AvgIpc) is 2.35. The summed E-state index contributed by atoms with van der Waals surface area (Å²) in [5.41, 5.74) is -2.00. The first-order valence-electron chi connectivity index (χ1n) is 4.89. The molecule has 1 aromatic carbocycles. The first-order valence-corrected chi connectivity index (χ1v) is 4.89. The lowest BCUT2D eigenvalue weighted by Gasteiger charge is -2.20. The Kier molecular flexibility index (Phi) is 4.29. The van der Waals surface area contributed by atoms with Gasteiger partial charge in [-0.1, -0.05) is 6.07 Å². The van der Waals surface area contributed by atoms with E-state index in [1.54, 1.807) is 6.07 Å². The van der Waals surface area contributed by atoms with Crippen molar-refractivity contribution >= 4 is 0 Å². The van der Waals surface area contributed by atoms with E-state index < -0.39 is 36.1 Å². The van der Waals surface area contributed by atoms with Crippen molar-refractivity contribution in [3.8, 4) is 6.07 Å². The average molecular weight is 261 g/mol. The predicted molar refractivity (Wildman–Crippen MR) is 54.2 cm³/mol. The van der Waals surface area contributed by atoms with Crippen LogP contribution < -0.4 is 0 Å². The minimum atomic E-state index is -4.77. The Labute approximate surface area is 101 Å². The summed E-state index contributed by atoms with van der Waals surface area (Å²) in [6.07, 6.45) is -8.36. The van der Waals surface area contributed by atoms with Crippen LogP contribution in [0.4, 0.5) is 13.2 Å². The molecule has 7 heteroatoms. The molecule has 0 aliphatic rings. The number of hydrogen-bond donors (Lipinski definition) is 3. The van der Waals surface area contributed by atoms with Crippen LogP contribution >= 0.6 is 0 Å². The van der Waals surface area contributed by atoms with Crippen LogP contribution in [-0.4, -0.2) is 28.0 Å². The second kappa shape index (κ2) is 5.35. The standard InChI is InChI=1S/C11H10F3NO3/c12-11(13,14)8-3-6(4-15)1-2-7(8)10(18)9(17)5-16/h1-3,9-10,16-18H,5H2. The second-order valence-corrected chi connectivity index (χ2v) is 3.61. The molecule has 1 aromatic rings. The van der Waals surface area contributed by atoms with Gasteiger partial charge < -0.3 is 15.3 Å². The maximum atomic E-state index is 12.7. The molecular formula is C11H10F3NO3. The summed E-state index contributed by atoms with van der Waals surface area (Å²) >= 11 is 0. The maximum Gasteiger partial charge on any atom is 0.416 e. The number of halogens is 3. The van der Waals surface area contributed by atoms with Crippen molar-refractivity contribution in [2.24, 2.45) is 0 Å². The summed E-state index contributed by atoms with van der Waals surface area (Å²) in [5, 5.41) is 35.8. The number of aliphatic hydroxyl groups is 3. The molecule has 1 rings (SSSR count). The smallest absolute Gasteiger partial charge is 0.394 e. The zero-order chi connectivity index (χ0) is 13.9. The fraction of sp³-hybridized carbons (Fsp3) is 0.364. The van der Waals surface area contributed by atoms with E-state index >= 15 is 0 Å². The van der Waals surface area contributed by atoms with Crippen molar-refractivity contribution in [2.45, 2.75) is 18.4 Å². The highest BCUT2D eigenvalue weighted by Crippen LogP contribution is 2.36. The van der Waals surface area contributed by atoms with E-state index in [1.165, 1.54) is 0 Å². The molecule has 0 heterocycles. The van der Waals surface area contributed by atoms with Crippen molar-refractivity contribution in [3.63, 3.8) is 0 Å². The van der Waals surface area contributed by atoms with Gasteiger partial charge in [0.15, 0.2) is 0 Å². The van der Waals surface area contributed by atoms with Crippen molar-refractivity contribution in [3.05, 3.63) is 34.9 Å². The molecule has 0 saturated heterocycles. The Balaban J connectivity index is 3.32. The monoisotopic (exact) mass is 261 g/mol. The van der Waals surface area contributed by atoms with Crippen molar-refractivity contribution in [1.82, 2.24) is 0 Å². The summed E-state index contributed by atoms with van der Waals surface area (Å²) in [4.78, 5) is 0. The highest BCUT2D eigenvalue weighted by Gasteiger charge is 2.36. The lowest BCUT2D eigenvalue weighted by molar-refractivity contribution is -0.140. The summed E-state index contributed by atoms with van der Waals surface area (Å²) in [6, 6.07) is 4.14. The highest BCUT2D eigenvalue weighted by atomic mass is 19.4. The van der Waals surface area contributed by atoms with Crippen LogP contribution in [-0.2, 0) is 6.18 Å². The van der Waals surface area contributed by atoms with Crippen molar-refractivity contribution in [2.75, 3.05) is 6.61 Å². The fourth-order valence-corrected chi connectivity index (χ4v) is 1.44. The molecular weight excluding hydrogens is 251 g/mol. The van der Waals surface area contributed by atoms with Gasteiger partial charge in [0, 0.05) is 0 Å². The minimum absolute atomic E-state index is 0.211. The quantitative estimate of drug-likeness (QED) is 0.756. The minimum Gasteiger partial charge on any atom is -0.394 e. The van der Waals surface area contributed by atoms with Crippen LogP contribution in [0.1, 0.15) is 22.8 Å². The number of nitriles is 1. The Morgan fingerprint density at radius 3 is 2.33 bits per heavy atom. The zero-order valence-corrected chi connectivity index (χ0v) is 9.02. The van der Waals surface area contributed by atoms with E-state index in [4.69, 9.17) is 15.5 Å². The third-order valence-electron chi connectivity index (χ3n) is 2.36. The van der Waals surface area contributed by atoms with E-state index in [2.05, 4.69) is 0 Å². The third kappa shape index (κ3) is 2.98. The molecule has 3 N–H and O–H groups in total. The molecule has 0 aliphatic carbocycles. The van der Waals surface area contributed by atoms with Gasteiger partial charge in [0.1, 0.15) is 12.2 Å². The number of hydrogen-bond acceptors (Lipinski definition) is 4. The summed E-state index contributed by atoms with van der Waals surface area (Å²) in [7, 11) is 0. The maximum absolute atomic E-state index is 12.7. The van der Waals surface area contributed by atoms with Crippen LogP contribution in [0.25, 0.3) is 0 Å². The lowest BCUT2D eigenvalue weighted by Crippen LogP contribution is -2.24. The van der Waals surface area contributed by atoms with Gasteiger partial charge in [-0.2, -0.15) is 18.4 Å². The third-order valence-corrected chi connectivity index (χ3v) is 2.36. The normalized spacial score (nSPS) is 14.9. The van der Waals surface area contributed by atoms with Crippen LogP contribution in [0, 0.1) is 11.3 Å². The summed E-state index contributed by atoms with van der Waals surface area (Å²) in [6.45, 7) is -0.877. The molecule has 0 fully saturated rings. The van der Waals surface area contributed by atoms with E-state index in [0.29, 0.717) is 6.07 Å². The predicted octanol–water partition coefficient (Wildman–Crippen LogP) is 0.964. The van der Waals surface area contributed by atoms with Gasteiger partial charge >= 0.3 is 6.18 Å². The first-order chi connectivity index (χ1) is 8.31. The van der Waals surface area contributed by atoms with Crippen LogP contribution in [0.5, 0.6) is 0 Å². The van der Waals surface area contributed by atoms with E-state index in [-0.39, 0.29) is 5.56 Å². The molecule has 2 unspecified atom stereocenters. The molecule has 2 atom stereocenters. The van der Waals surface area contributed by atoms with Crippen LogP contribution in [0.3, 0.4) is 0 Å². The van der Waals surface area contributed by atoms with Crippen molar-refractivity contribution < 1.29 is 28.5 Å². The second-order valence-electron chi connectivity index (χ2n) is 3.61.